The molecule has 0 aliphatic carbocycles. The average molecular weight is 278 g/mol. The molecule has 2 aromatic rings. The summed E-state index contributed by atoms with van der Waals surface area (Å²) in [6.45, 7) is 0. The first kappa shape index (κ1) is 12.9. The molecule has 0 radical (unpaired) electrons. The Labute approximate surface area is 116 Å². The Balaban J connectivity index is 2.39. The Kier molecular flexibility index (Phi) is 4.18. The SMILES string of the molecule is NC(=S)c1ccccc1-c1ccc(OCCl)cc1. The molecule has 18 heavy (non-hydrogen) atoms. The summed E-state index contributed by atoms with van der Waals surface area (Å²) in [5.41, 5.74) is 8.65. The van der Waals surface area contributed by atoms with Crippen LogP contribution in [0.5, 0.6) is 5.75 Å². The van der Waals surface area contributed by atoms with E-state index in [1.165, 1.54) is 0 Å². The zero-order valence-corrected chi connectivity index (χ0v) is 11.2. The highest BCUT2D eigenvalue weighted by Crippen LogP contribution is 2.25. The molecule has 0 unspecified atom stereocenters. The van der Waals surface area contributed by atoms with Gasteiger partial charge < -0.3 is 10.5 Å². The number of halogens is 1. The lowest BCUT2D eigenvalue weighted by Crippen LogP contribution is -2.10. The van der Waals surface area contributed by atoms with Gasteiger partial charge in [0.1, 0.15) is 10.7 Å². The standard InChI is InChI=1S/C14H12ClNOS/c15-9-17-11-7-5-10(6-8-11)12-3-1-2-4-13(12)14(16)18/h1-8H,9H2,(H2,16,18). The van der Waals surface area contributed by atoms with Crippen molar-refractivity contribution in [3.05, 3.63) is 54.1 Å². The maximum Gasteiger partial charge on any atom is 0.162 e. The van der Waals surface area contributed by atoms with Crippen LogP contribution < -0.4 is 10.5 Å². The van der Waals surface area contributed by atoms with Crippen LogP contribution in [0.4, 0.5) is 0 Å². The molecule has 2 aromatic carbocycles. The first-order valence-electron chi connectivity index (χ1n) is 5.40. The minimum atomic E-state index is 0.142. The number of ether oxygens (including phenoxy) is 1. The summed E-state index contributed by atoms with van der Waals surface area (Å²) in [6, 6.07) is 15.6. The average Bonchev–Trinajstić information content (AvgIpc) is 2.40. The van der Waals surface area contributed by atoms with E-state index >= 15 is 0 Å². The molecule has 0 spiro atoms. The van der Waals surface area contributed by atoms with Crippen LogP contribution in [0, 0.1) is 0 Å². The molecular formula is C14H12ClNOS. The largest absolute Gasteiger partial charge is 0.478 e. The molecule has 0 aliphatic heterocycles. The molecule has 2 nitrogen and oxygen atoms in total. The Morgan fingerprint density at radius 3 is 2.39 bits per heavy atom. The second kappa shape index (κ2) is 5.85. The van der Waals surface area contributed by atoms with Crippen molar-refractivity contribution in [3.63, 3.8) is 0 Å². The number of alkyl halides is 1. The first-order valence-corrected chi connectivity index (χ1v) is 6.34. The van der Waals surface area contributed by atoms with E-state index in [4.69, 9.17) is 34.3 Å². The van der Waals surface area contributed by atoms with Crippen LogP contribution in [-0.4, -0.2) is 11.1 Å². The van der Waals surface area contributed by atoms with Crippen molar-refractivity contribution >= 4 is 28.8 Å². The number of rotatable bonds is 4. The van der Waals surface area contributed by atoms with Crippen molar-refractivity contribution in [2.45, 2.75) is 0 Å². The molecule has 0 fully saturated rings. The van der Waals surface area contributed by atoms with E-state index in [-0.39, 0.29) is 6.07 Å². The van der Waals surface area contributed by atoms with Gasteiger partial charge in [0.15, 0.2) is 6.07 Å². The molecule has 0 amide bonds. The lowest BCUT2D eigenvalue weighted by molar-refractivity contribution is 0.388. The van der Waals surface area contributed by atoms with Gasteiger partial charge in [0.25, 0.3) is 0 Å². The number of hydrogen-bond donors (Lipinski definition) is 1. The molecule has 0 heterocycles. The molecule has 0 aromatic heterocycles. The summed E-state index contributed by atoms with van der Waals surface area (Å²) in [6.07, 6.45) is 0. The number of thiocarbonyl (C=S) groups is 1. The van der Waals surface area contributed by atoms with Gasteiger partial charge in [0.2, 0.25) is 0 Å². The Morgan fingerprint density at radius 1 is 1.11 bits per heavy atom. The lowest BCUT2D eigenvalue weighted by Gasteiger charge is -2.09. The second-order valence-corrected chi connectivity index (χ2v) is 4.35. The fourth-order valence-electron chi connectivity index (χ4n) is 1.74. The summed E-state index contributed by atoms with van der Waals surface area (Å²) < 4.78 is 5.19. The second-order valence-electron chi connectivity index (χ2n) is 3.69. The molecule has 2 N–H and O–H groups in total. The van der Waals surface area contributed by atoms with Crippen molar-refractivity contribution in [2.24, 2.45) is 5.73 Å². The van der Waals surface area contributed by atoms with Crippen LogP contribution in [0.3, 0.4) is 0 Å². The van der Waals surface area contributed by atoms with Gasteiger partial charge in [-0.3, -0.25) is 0 Å². The van der Waals surface area contributed by atoms with Gasteiger partial charge in [-0.05, 0) is 23.3 Å². The van der Waals surface area contributed by atoms with Crippen molar-refractivity contribution in [1.82, 2.24) is 0 Å². The summed E-state index contributed by atoms with van der Waals surface area (Å²) in [5.74, 6) is 0.738. The molecule has 0 aliphatic rings. The Morgan fingerprint density at radius 2 is 1.78 bits per heavy atom. The quantitative estimate of drug-likeness (QED) is 0.685. The van der Waals surface area contributed by atoms with E-state index in [0.29, 0.717) is 4.99 Å². The third kappa shape index (κ3) is 2.81. The van der Waals surface area contributed by atoms with Crippen LogP contribution in [0.1, 0.15) is 5.56 Å². The molecule has 0 saturated heterocycles. The Hall–Kier alpha value is -1.58. The van der Waals surface area contributed by atoms with Gasteiger partial charge in [-0.25, -0.2) is 0 Å². The topological polar surface area (TPSA) is 35.2 Å². The van der Waals surface area contributed by atoms with Gasteiger partial charge >= 0.3 is 0 Å². The molecule has 2 rings (SSSR count). The monoisotopic (exact) mass is 277 g/mol. The minimum absolute atomic E-state index is 0.142. The molecule has 0 bridgehead atoms. The fraction of sp³-hybridized carbons (Fsp3) is 0.0714. The zero-order chi connectivity index (χ0) is 13.0. The Bertz CT molecular complexity index is 554. The van der Waals surface area contributed by atoms with E-state index in [0.717, 1.165) is 22.4 Å². The van der Waals surface area contributed by atoms with E-state index in [2.05, 4.69) is 0 Å². The van der Waals surface area contributed by atoms with E-state index in [1.807, 2.05) is 48.5 Å². The summed E-state index contributed by atoms with van der Waals surface area (Å²) in [4.78, 5) is 0.395. The summed E-state index contributed by atoms with van der Waals surface area (Å²) in [5, 5.41) is 0. The minimum Gasteiger partial charge on any atom is -0.478 e. The van der Waals surface area contributed by atoms with Gasteiger partial charge in [-0.15, -0.1) is 0 Å². The van der Waals surface area contributed by atoms with Gasteiger partial charge in [0, 0.05) is 5.56 Å². The molecule has 92 valence electrons. The molecular weight excluding hydrogens is 266 g/mol. The highest BCUT2D eigenvalue weighted by molar-refractivity contribution is 7.80. The lowest BCUT2D eigenvalue weighted by atomic mass is 10.00. The third-order valence-electron chi connectivity index (χ3n) is 2.58. The predicted octanol–water partition coefficient (Wildman–Crippen LogP) is 3.56. The fourth-order valence-corrected chi connectivity index (χ4v) is 2.05. The summed E-state index contributed by atoms with van der Waals surface area (Å²) in [7, 11) is 0. The van der Waals surface area contributed by atoms with Gasteiger partial charge in [0.05, 0.1) is 0 Å². The number of benzene rings is 2. The van der Waals surface area contributed by atoms with Crippen molar-refractivity contribution in [1.29, 1.82) is 0 Å². The van der Waals surface area contributed by atoms with E-state index in [1.54, 1.807) is 0 Å². The van der Waals surface area contributed by atoms with Gasteiger partial charge in [-0.1, -0.05) is 60.2 Å². The number of nitrogens with two attached hydrogens (primary N) is 1. The molecule has 0 atom stereocenters. The highest BCUT2D eigenvalue weighted by atomic mass is 35.5. The van der Waals surface area contributed by atoms with E-state index in [9.17, 15) is 0 Å². The van der Waals surface area contributed by atoms with Crippen molar-refractivity contribution < 1.29 is 4.74 Å². The molecule has 0 saturated carbocycles. The third-order valence-corrected chi connectivity index (χ3v) is 2.91. The first-order chi connectivity index (χ1) is 8.72. The van der Waals surface area contributed by atoms with Crippen LogP contribution >= 0.6 is 23.8 Å². The number of hydrogen-bond acceptors (Lipinski definition) is 2. The predicted molar refractivity (Wildman–Crippen MR) is 79.1 cm³/mol. The summed E-state index contributed by atoms with van der Waals surface area (Å²) >= 11 is 10.6. The van der Waals surface area contributed by atoms with Crippen molar-refractivity contribution in [2.75, 3.05) is 6.07 Å². The smallest absolute Gasteiger partial charge is 0.162 e. The zero-order valence-electron chi connectivity index (χ0n) is 9.60. The van der Waals surface area contributed by atoms with Crippen LogP contribution in [0.15, 0.2) is 48.5 Å². The molecule has 4 heteroatoms. The van der Waals surface area contributed by atoms with Crippen LogP contribution in [-0.2, 0) is 0 Å². The maximum atomic E-state index is 5.72. The van der Waals surface area contributed by atoms with E-state index < -0.39 is 0 Å². The normalized spacial score (nSPS) is 10.1. The highest BCUT2D eigenvalue weighted by Gasteiger charge is 2.06. The van der Waals surface area contributed by atoms with Gasteiger partial charge in [-0.2, -0.15) is 0 Å². The maximum absolute atomic E-state index is 5.72. The van der Waals surface area contributed by atoms with Crippen molar-refractivity contribution in [3.8, 4) is 16.9 Å². The van der Waals surface area contributed by atoms with Crippen LogP contribution in [0.2, 0.25) is 0 Å². The van der Waals surface area contributed by atoms with Crippen LogP contribution in [0.25, 0.3) is 11.1 Å².